The molecule has 1 amide bonds. The summed E-state index contributed by atoms with van der Waals surface area (Å²) < 4.78 is 0. The second-order valence-electron chi connectivity index (χ2n) is 6.24. The van der Waals surface area contributed by atoms with Crippen LogP contribution in [0.15, 0.2) is 36.7 Å². The molecule has 0 radical (unpaired) electrons. The maximum Gasteiger partial charge on any atom is 0.253 e. The van der Waals surface area contributed by atoms with Crippen molar-refractivity contribution in [2.45, 2.75) is 19.4 Å². The Labute approximate surface area is 133 Å². The number of nitrogens with zero attached hydrogens (tertiary/aromatic N) is 2. The number of benzene rings is 1. The summed E-state index contributed by atoms with van der Waals surface area (Å²) in [6.07, 6.45) is 3.49. The SMILES string of the molecule is CC1(C)NC(=O)c2cnc(-c3c[nH]c4c(C#N)cccc34)cc21. The number of pyridine rings is 1. The zero-order valence-corrected chi connectivity index (χ0v) is 12.8. The third-order valence-electron chi connectivity index (χ3n) is 4.36. The van der Waals surface area contributed by atoms with Crippen molar-refractivity contribution in [2.75, 3.05) is 0 Å². The second kappa shape index (κ2) is 4.43. The summed E-state index contributed by atoms with van der Waals surface area (Å²) in [5.74, 6) is -0.0882. The zero-order chi connectivity index (χ0) is 16.2. The molecule has 1 aromatic carbocycles. The van der Waals surface area contributed by atoms with Crippen molar-refractivity contribution >= 4 is 16.8 Å². The van der Waals surface area contributed by atoms with Crippen molar-refractivity contribution in [3.05, 3.63) is 53.3 Å². The van der Waals surface area contributed by atoms with Crippen molar-refractivity contribution in [1.82, 2.24) is 15.3 Å². The first kappa shape index (κ1) is 13.5. The van der Waals surface area contributed by atoms with Gasteiger partial charge in [0.25, 0.3) is 5.91 Å². The number of aromatic nitrogens is 2. The van der Waals surface area contributed by atoms with Gasteiger partial charge in [0.1, 0.15) is 6.07 Å². The van der Waals surface area contributed by atoms with Gasteiger partial charge in [-0.2, -0.15) is 5.26 Å². The molecule has 3 aromatic rings. The minimum atomic E-state index is -0.409. The number of hydrogen-bond acceptors (Lipinski definition) is 3. The molecule has 0 spiro atoms. The predicted octanol–water partition coefficient (Wildman–Crippen LogP) is 3.08. The lowest BCUT2D eigenvalue weighted by Crippen LogP contribution is -2.32. The van der Waals surface area contributed by atoms with Crippen molar-refractivity contribution in [3.63, 3.8) is 0 Å². The Balaban J connectivity index is 1.94. The van der Waals surface area contributed by atoms with Crippen LogP contribution in [0.3, 0.4) is 0 Å². The number of nitrogens with one attached hydrogen (secondary N) is 2. The van der Waals surface area contributed by atoms with Crippen molar-refractivity contribution in [3.8, 4) is 17.3 Å². The van der Waals surface area contributed by atoms with Crippen molar-refractivity contribution in [1.29, 1.82) is 5.26 Å². The van der Waals surface area contributed by atoms with Crippen LogP contribution in [0.5, 0.6) is 0 Å². The number of nitriles is 1. The molecule has 112 valence electrons. The lowest BCUT2D eigenvalue weighted by Gasteiger charge is -2.19. The van der Waals surface area contributed by atoms with Gasteiger partial charge in [-0.05, 0) is 31.5 Å². The van der Waals surface area contributed by atoms with Crippen LogP contribution in [-0.2, 0) is 5.54 Å². The van der Waals surface area contributed by atoms with Crippen LogP contribution in [0.2, 0.25) is 0 Å². The lowest BCUT2D eigenvalue weighted by molar-refractivity contribution is 0.0940. The zero-order valence-electron chi connectivity index (χ0n) is 12.8. The van der Waals surface area contributed by atoms with Crippen LogP contribution < -0.4 is 5.32 Å². The van der Waals surface area contributed by atoms with E-state index in [4.69, 9.17) is 0 Å². The van der Waals surface area contributed by atoms with Gasteiger partial charge in [0, 0.05) is 23.3 Å². The number of carbonyl (C=O) groups excluding carboxylic acids is 1. The average molecular weight is 302 g/mol. The molecule has 2 N–H and O–H groups in total. The van der Waals surface area contributed by atoms with E-state index in [2.05, 4.69) is 21.4 Å². The van der Waals surface area contributed by atoms with E-state index in [1.54, 1.807) is 12.3 Å². The molecule has 0 saturated carbocycles. The number of hydrogen-bond donors (Lipinski definition) is 2. The Bertz CT molecular complexity index is 1010. The van der Waals surface area contributed by atoms with Gasteiger partial charge in [-0.3, -0.25) is 9.78 Å². The summed E-state index contributed by atoms with van der Waals surface area (Å²) in [6.45, 7) is 3.95. The minimum absolute atomic E-state index is 0.0882. The number of carbonyl (C=O) groups is 1. The number of fused-ring (bicyclic) bond motifs is 2. The Kier molecular flexibility index (Phi) is 2.61. The maximum absolute atomic E-state index is 12.0. The molecule has 3 heterocycles. The van der Waals surface area contributed by atoms with Gasteiger partial charge in [-0.15, -0.1) is 0 Å². The molecule has 0 aliphatic carbocycles. The van der Waals surface area contributed by atoms with E-state index in [9.17, 15) is 10.1 Å². The smallest absolute Gasteiger partial charge is 0.253 e. The van der Waals surface area contributed by atoms with E-state index in [1.165, 1.54) is 0 Å². The maximum atomic E-state index is 12.0. The third kappa shape index (κ3) is 1.85. The normalized spacial score (nSPS) is 15.3. The van der Waals surface area contributed by atoms with Crippen LogP contribution in [0, 0.1) is 11.3 Å². The third-order valence-corrected chi connectivity index (χ3v) is 4.36. The molecule has 5 heteroatoms. The molecule has 1 aliphatic heterocycles. The van der Waals surface area contributed by atoms with Crippen LogP contribution in [0.1, 0.15) is 35.3 Å². The molecule has 0 bridgehead atoms. The molecule has 1 aliphatic rings. The first-order chi connectivity index (χ1) is 11.0. The molecule has 0 unspecified atom stereocenters. The largest absolute Gasteiger partial charge is 0.359 e. The number of H-pyrrole nitrogens is 1. The monoisotopic (exact) mass is 302 g/mol. The Morgan fingerprint density at radius 2 is 2.09 bits per heavy atom. The van der Waals surface area contributed by atoms with Crippen LogP contribution in [-0.4, -0.2) is 15.9 Å². The number of rotatable bonds is 1. The fourth-order valence-corrected chi connectivity index (χ4v) is 3.18. The highest BCUT2D eigenvalue weighted by Crippen LogP contribution is 2.35. The summed E-state index contributed by atoms with van der Waals surface area (Å²) >= 11 is 0. The molecule has 23 heavy (non-hydrogen) atoms. The Morgan fingerprint density at radius 3 is 2.87 bits per heavy atom. The summed E-state index contributed by atoms with van der Waals surface area (Å²) in [5.41, 5.74) is 4.28. The van der Waals surface area contributed by atoms with Crippen molar-refractivity contribution in [2.24, 2.45) is 0 Å². The van der Waals surface area contributed by atoms with E-state index in [1.807, 2.05) is 38.2 Å². The molecule has 0 saturated heterocycles. The number of para-hydroxylation sites is 1. The summed E-state index contributed by atoms with van der Waals surface area (Å²) in [7, 11) is 0. The highest BCUT2D eigenvalue weighted by atomic mass is 16.2. The molecule has 0 fully saturated rings. The fraction of sp³-hybridized carbons (Fsp3) is 0.167. The first-order valence-electron chi connectivity index (χ1n) is 7.35. The van der Waals surface area contributed by atoms with E-state index in [0.717, 1.165) is 27.7 Å². The van der Waals surface area contributed by atoms with Gasteiger partial charge >= 0.3 is 0 Å². The predicted molar refractivity (Wildman–Crippen MR) is 86.7 cm³/mol. The Morgan fingerprint density at radius 1 is 1.26 bits per heavy atom. The first-order valence-corrected chi connectivity index (χ1v) is 7.35. The molecular formula is C18H14N4O. The molecule has 5 nitrogen and oxygen atoms in total. The molecular weight excluding hydrogens is 288 g/mol. The second-order valence-corrected chi connectivity index (χ2v) is 6.24. The van der Waals surface area contributed by atoms with Crippen LogP contribution in [0.4, 0.5) is 0 Å². The van der Waals surface area contributed by atoms with Gasteiger partial charge in [0.2, 0.25) is 0 Å². The highest BCUT2D eigenvalue weighted by Gasteiger charge is 2.35. The highest BCUT2D eigenvalue weighted by molar-refractivity contribution is 6.01. The summed E-state index contributed by atoms with van der Waals surface area (Å²) in [4.78, 5) is 19.6. The quantitative estimate of drug-likeness (QED) is 0.724. The van der Waals surface area contributed by atoms with Gasteiger partial charge in [0.15, 0.2) is 0 Å². The molecule has 4 rings (SSSR count). The summed E-state index contributed by atoms with van der Waals surface area (Å²) in [6, 6.07) is 9.75. The van der Waals surface area contributed by atoms with Gasteiger partial charge < -0.3 is 10.3 Å². The lowest BCUT2D eigenvalue weighted by atomic mass is 9.94. The van der Waals surface area contributed by atoms with Gasteiger partial charge in [-0.1, -0.05) is 12.1 Å². The summed E-state index contributed by atoms with van der Waals surface area (Å²) in [5, 5.41) is 13.1. The molecule has 2 aromatic heterocycles. The van der Waals surface area contributed by atoms with E-state index in [-0.39, 0.29) is 5.91 Å². The fourth-order valence-electron chi connectivity index (χ4n) is 3.18. The molecule has 0 atom stereocenters. The standard InChI is InChI=1S/C18H14N4O/c1-18(2)14-6-15(20-9-13(14)17(23)22-18)12-8-21-16-10(7-19)4-3-5-11(12)16/h3-6,8-9,21H,1-2H3,(H,22,23). The number of amides is 1. The minimum Gasteiger partial charge on any atom is -0.359 e. The van der Waals surface area contributed by atoms with E-state index < -0.39 is 5.54 Å². The van der Waals surface area contributed by atoms with E-state index in [0.29, 0.717) is 11.1 Å². The van der Waals surface area contributed by atoms with E-state index >= 15 is 0 Å². The van der Waals surface area contributed by atoms with Crippen molar-refractivity contribution < 1.29 is 4.79 Å². The topological polar surface area (TPSA) is 81.6 Å². The van der Waals surface area contributed by atoms with Gasteiger partial charge in [-0.25, -0.2) is 0 Å². The number of aromatic amines is 1. The Hall–Kier alpha value is -3.13. The average Bonchev–Trinajstić information content (AvgIpc) is 3.06. The van der Waals surface area contributed by atoms with Gasteiger partial charge in [0.05, 0.1) is 27.9 Å². The van der Waals surface area contributed by atoms with Crippen LogP contribution >= 0.6 is 0 Å². The van der Waals surface area contributed by atoms with Crippen LogP contribution in [0.25, 0.3) is 22.2 Å².